The van der Waals surface area contributed by atoms with Gasteiger partial charge in [-0.05, 0) is 45.2 Å². The predicted molar refractivity (Wildman–Crippen MR) is 114 cm³/mol. The lowest BCUT2D eigenvalue weighted by atomic mass is 9.95. The number of anilines is 1. The summed E-state index contributed by atoms with van der Waals surface area (Å²) in [5.41, 5.74) is 4.73. The van der Waals surface area contributed by atoms with Crippen molar-refractivity contribution >= 4 is 17.2 Å². The molecule has 0 spiro atoms. The Balaban J connectivity index is 1.67. The number of nitrogens with one attached hydrogen (secondary N) is 2. The molecule has 4 rings (SSSR count). The third-order valence-electron chi connectivity index (χ3n) is 5.29. The molecule has 1 aliphatic carbocycles. The summed E-state index contributed by atoms with van der Waals surface area (Å²) in [6.07, 6.45) is 12.9. The van der Waals surface area contributed by atoms with Crippen LogP contribution in [0, 0.1) is 6.92 Å². The molecule has 1 aliphatic rings. The van der Waals surface area contributed by atoms with Gasteiger partial charge in [0.2, 0.25) is 0 Å². The number of hydrogen-bond donors (Lipinski definition) is 2. The lowest BCUT2D eigenvalue weighted by molar-refractivity contribution is 0.0928. The molecule has 3 aromatic heterocycles. The monoisotopic (exact) mass is 392 g/mol. The predicted octanol–water partition coefficient (Wildman–Crippen LogP) is 3.98. The van der Waals surface area contributed by atoms with Crippen LogP contribution in [0.1, 0.15) is 61.9 Å². The maximum Gasteiger partial charge on any atom is 0.255 e. The van der Waals surface area contributed by atoms with Gasteiger partial charge in [0.25, 0.3) is 5.91 Å². The fraction of sp³-hybridized carbons (Fsp3) is 0.455. The lowest BCUT2D eigenvalue weighted by Crippen LogP contribution is -2.36. The Morgan fingerprint density at radius 1 is 1.14 bits per heavy atom. The number of carbonyl (C=O) groups is 1. The average molecular weight is 393 g/mol. The second-order valence-electron chi connectivity index (χ2n) is 8.18. The minimum absolute atomic E-state index is 0.0623. The van der Waals surface area contributed by atoms with Crippen molar-refractivity contribution in [3.63, 3.8) is 0 Å². The summed E-state index contributed by atoms with van der Waals surface area (Å²) >= 11 is 0. The van der Waals surface area contributed by atoms with Crippen molar-refractivity contribution in [2.24, 2.45) is 0 Å². The van der Waals surface area contributed by atoms with Gasteiger partial charge in [0.1, 0.15) is 0 Å². The van der Waals surface area contributed by atoms with E-state index in [9.17, 15) is 4.79 Å². The highest BCUT2D eigenvalue weighted by Gasteiger charge is 2.21. The van der Waals surface area contributed by atoms with Crippen molar-refractivity contribution in [3.05, 3.63) is 42.0 Å². The van der Waals surface area contributed by atoms with E-state index in [0.717, 1.165) is 41.0 Å². The number of pyridine rings is 1. The second kappa shape index (κ2) is 8.19. The molecular formula is C22H28N6O. The standard InChI is InChI=1S/C22H28N6O/c1-14(2)26-20-9-19(17-12-25-28-13-15(3)10-24-21(17)28)23-11-18(20)22(29)27-16-7-5-4-6-8-16/h9-14,16H,4-8H2,1-3H3,(H,23,26)(H,27,29). The van der Waals surface area contributed by atoms with Crippen LogP contribution >= 0.6 is 0 Å². The molecule has 0 bridgehead atoms. The first-order chi connectivity index (χ1) is 14.0. The van der Waals surface area contributed by atoms with E-state index in [1.807, 2.05) is 25.4 Å². The quantitative estimate of drug-likeness (QED) is 0.686. The highest BCUT2D eigenvalue weighted by atomic mass is 16.1. The van der Waals surface area contributed by atoms with Crippen LogP contribution in [0.4, 0.5) is 5.69 Å². The molecule has 1 saturated carbocycles. The summed E-state index contributed by atoms with van der Waals surface area (Å²) in [6, 6.07) is 2.37. The Bertz CT molecular complexity index is 1020. The molecule has 0 saturated heterocycles. The van der Waals surface area contributed by atoms with Gasteiger partial charge < -0.3 is 10.6 Å². The Morgan fingerprint density at radius 2 is 1.93 bits per heavy atom. The summed E-state index contributed by atoms with van der Waals surface area (Å²) in [4.78, 5) is 22.0. The Morgan fingerprint density at radius 3 is 2.69 bits per heavy atom. The number of aromatic nitrogens is 4. The summed E-state index contributed by atoms with van der Waals surface area (Å²) < 4.78 is 1.76. The average Bonchev–Trinajstić information content (AvgIpc) is 3.11. The van der Waals surface area contributed by atoms with Crippen LogP contribution in [0.2, 0.25) is 0 Å². The Labute approximate surface area is 171 Å². The first-order valence-corrected chi connectivity index (χ1v) is 10.4. The molecule has 2 N–H and O–H groups in total. The van der Waals surface area contributed by atoms with E-state index >= 15 is 0 Å². The highest BCUT2D eigenvalue weighted by Crippen LogP contribution is 2.27. The molecule has 152 valence electrons. The molecule has 3 aromatic rings. The molecule has 7 nitrogen and oxygen atoms in total. The van der Waals surface area contributed by atoms with Crippen LogP contribution in [0.15, 0.2) is 30.9 Å². The zero-order chi connectivity index (χ0) is 20.4. The van der Waals surface area contributed by atoms with Crippen LogP contribution in [-0.2, 0) is 0 Å². The summed E-state index contributed by atoms with van der Waals surface area (Å²) in [5, 5.41) is 11.0. The van der Waals surface area contributed by atoms with E-state index in [1.54, 1.807) is 16.9 Å². The van der Waals surface area contributed by atoms with Crippen LogP contribution in [0.5, 0.6) is 0 Å². The van der Waals surface area contributed by atoms with Gasteiger partial charge in [-0.1, -0.05) is 19.3 Å². The largest absolute Gasteiger partial charge is 0.382 e. The van der Waals surface area contributed by atoms with Crippen molar-refractivity contribution in [2.45, 2.75) is 65.0 Å². The minimum atomic E-state index is -0.0623. The summed E-state index contributed by atoms with van der Waals surface area (Å²) in [5.74, 6) is -0.0623. The second-order valence-corrected chi connectivity index (χ2v) is 8.18. The van der Waals surface area contributed by atoms with Crippen molar-refractivity contribution in [1.29, 1.82) is 0 Å². The van der Waals surface area contributed by atoms with E-state index < -0.39 is 0 Å². The molecule has 0 aliphatic heterocycles. The molecular weight excluding hydrogens is 364 g/mol. The third kappa shape index (κ3) is 4.23. The van der Waals surface area contributed by atoms with Crippen LogP contribution in [-0.4, -0.2) is 37.6 Å². The van der Waals surface area contributed by atoms with Crippen LogP contribution in [0.3, 0.4) is 0 Å². The summed E-state index contributed by atoms with van der Waals surface area (Å²) in [7, 11) is 0. The van der Waals surface area contributed by atoms with Crippen molar-refractivity contribution in [2.75, 3.05) is 5.32 Å². The fourth-order valence-electron chi connectivity index (χ4n) is 3.87. The van der Waals surface area contributed by atoms with E-state index in [4.69, 9.17) is 0 Å². The van der Waals surface area contributed by atoms with E-state index in [0.29, 0.717) is 5.56 Å². The number of rotatable bonds is 5. The SMILES string of the molecule is Cc1cnc2c(-c3cc(NC(C)C)c(C(=O)NC4CCCCC4)cn3)cnn2c1. The van der Waals surface area contributed by atoms with Crippen molar-refractivity contribution < 1.29 is 4.79 Å². The molecule has 3 heterocycles. The van der Waals surface area contributed by atoms with Crippen LogP contribution < -0.4 is 10.6 Å². The molecule has 1 amide bonds. The zero-order valence-corrected chi connectivity index (χ0v) is 17.3. The van der Waals surface area contributed by atoms with Gasteiger partial charge in [0.05, 0.1) is 28.7 Å². The Kier molecular flexibility index (Phi) is 5.47. The van der Waals surface area contributed by atoms with E-state index in [-0.39, 0.29) is 18.0 Å². The van der Waals surface area contributed by atoms with Gasteiger partial charge in [0.15, 0.2) is 5.65 Å². The molecule has 0 unspecified atom stereocenters. The van der Waals surface area contributed by atoms with Crippen molar-refractivity contribution in [1.82, 2.24) is 24.9 Å². The third-order valence-corrected chi connectivity index (χ3v) is 5.29. The van der Waals surface area contributed by atoms with Gasteiger partial charge in [-0.3, -0.25) is 9.78 Å². The lowest BCUT2D eigenvalue weighted by Gasteiger charge is -2.23. The molecule has 29 heavy (non-hydrogen) atoms. The van der Waals surface area contributed by atoms with Gasteiger partial charge >= 0.3 is 0 Å². The Hall–Kier alpha value is -2.96. The zero-order valence-electron chi connectivity index (χ0n) is 17.3. The molecule has 0 aromatic carbocycles. The normalized spacial score (nSPS) is 15.0. The molecule has 1 fully saturated rings. The topological polar surface area (TPSA) is 84.2 Å². The van der Waals surface area contributed by atoms with Gasteiger partial charge in [-0.25, -0.2) is 9.50 Å². The molecule has 0 radical (unpaired) electrons. The number of hydrogen-bond acceptors (Lipinski definition) is 5. The minimum Gasteiger partial charge on any atom is -0.382 e. The maximum atomic E-state index is 12.9. The van der Waals surface area contributed by atoms with Gasteiger partial charge in [0, 0.05) is 30.7 Å². The van der Waals surface area contributed by atoms with E-state index in [2.05, 4.69) is 39.5 Å². The van der Waals surface area contributed by atoms with Gasteiger partial charge in [-0.15, -0.1) is 0 Å². The number of amides is 1. The molecule has 7 heteroatoms. The number of carbonyl (C=O) groups excluding carboxylic acids is 1. The maximum absolute atomic E-state index is 12.9. The van der Waals surface area contributed by atoms with Crippen LogP contribution in [0.25, 0.3) is 16.9 Å². The number of aryl methyl sites for hydroxylation is 1. The fourth-order valence-corrected chi connectivity index (χ4v) is 3.87. The van der Waals surface area contributed by atoms with E-state index in [1.165, 1.54) is 19.3 Å². The highest BCUT2D eigenvalue weighted by molar-refractivity contribution is 6.00. The van der Waals surface area contributed by atoms with Gasteiger partial charge in [-0.2, -0.15) is 5.10 Å². The first-order valence-electron chi connectivity index (χ1n) is 10.4. The molecule has 0 atom stereocenters. The number of fused-ring (bicyclic) bond motifs is 1. The smallest absolute Gasteiger partial charge is 0.255 e. The summed E-state index contributed by atoms with van der Waals surface area (Å²) in [6.45, 7) is 6.10. The van der Waals surface area contributed by atoms with Crippen molar-refractivity contribution in [3.8, 4) is 11.3 Å². The first kappa shape index (κ1) is 19.4. The number of nitrogens with zero attached hydrogens (tertiary/aromatic N) is 4.